The molecule has 88 valence electrons. The van der Waals surface area contributed by atoms with E-state index in [1.807, 2.05) is 0 Å². The number of ketones is 1. The summed E-state index contributed by atoms with van der Waals surface area (Å²) in [5, 5.41) is 0. The maximum Gasteiger partial charge on any atom is 0.219 e. The Morgan fingerprint density at radius 3 is 2.44 bits per heavy atom. The van der Waals surface area contributed by atoms with Crippen LogP contribution in [-0.2, 0) is 10.0 Å². The van der Waals surface area contributed by atoms with Gasteiger partial charge in [-0.2, -0.15) is 0 Å². The van der Waals surface area contributed by atoms with Crippen molar-refractivity contribution in [3.63, 3.8) is 0 Å². The maximum absolute atomic E-state index is 11.6. The lowest BCUT2D eigenvalue weighted by Gasteiger charge is -2.04. The van der Waals surface area contributed by atoms with E-state index in [0.717, 1.165) is 0 Å². The predicted molar refractivity (Wildman–Crippen MR) is 71.4 cm³/mol. The third-order valence-corrected chi connectivity index (χ3v) is 3.66. The first kappa shape index (κ1) is 13.6. The van der Waals surface area contributed by atoms with Gasteiger partial charge >= 0.3 is 0 Å². The maximum atomic E-state index is 11.6. The number of halogens is 1. The van der Waals surface area contributed by atoms with Crippen molar-refractivity contribution in [2.75, 3.05) is 16.7 Å². The molecule has 0 aliphatic rings. The topological polar surface area (TPSA) is 63.2 Å². The van der Waals surface area contributed by atoms with Crippen molar-refractivity contribution in [3.05, 3.63) is 35.9 Å². The van der Waals surface area contributed by atoms with Crippen molar-refractivity contribution >= 4 is 38.4 Å². The van der Waals surface area contributed by atoms with Gasteiger partial charge < -0.3 is 0 Å². The quantitative estimate of drug-likeness (QED) is 0.475. The Balaban J connectivity index is 2.65. The molecule has 0 amide bonds. The molecular formula is C10H12INO3S. The number of nitrogens with one attached hydrogen (secondary N) is 1. The second-order valence-corrected chi connectivity index (χ2v) is 6.02. The summed E-state index contributed by atoms with van der Waals surface area (Å²) >= 11 is 2.06. The molecule has 0 saturated carbocycles. The summed E-state index contributed by atoms with van der Waals surface area (Å²) < 4.78 is 25.9. The number of Topliss-reactive ketones (excluding diaryl/α,β-unsaturated/α-hetero) is 1. The van der Waals surface area contributed by atoms with Crippen LogP contribution in [0, 0.1) is 0 Å². The van der Waals surface area contributed by atoms with E-state index in [0.29, 0.717) is 16.5 Å². The molecule has 1 aromatic carbocycles. The van der Waals surface area contributed by atoms with Gasteiger partial charge in [0.05, 0.1) is 0 Å². The normalized spacial score (nSPS) is 11.3. The van der Waals surface area contributed by atoms with Crippen LogP contribution in [0.15, 0.2) is 30.3 Å². The number of hydrogen-bond donors (Lipinski definition) is 1. The number of sulfonamides is 1. The summed E-state index contributed by atoms with van der Waals surface area (Å²) in [6.45, 7) is 0.352. The number of alkyl halides is 1. The molecule has 0 saturated heterocycles. The van der Waals surface area contributed by atoms with Crippen LogP contribution in [0.2, 0.25) is 0 Å². The molecular weight excluding hydrogens is 341 g/mol. The molecule has 0 heterocycles. The number of benzene rings is 1. The van der Waals surface area contributed by atoms with Gasteiger partial charge in [0.15, 0.2) is 5.78 Å². The number of hydrogen-bond acceptors (Lipinski definition) is 3. The fraction of sp³-hybridized carbons (Fsp3) is 0.300. The first-order chi connectivity index (χ1) is 7.55. The van der Waals surface area contributed by atoms with Crippen molar-refractivity contribution in [3.8, 4) is 0 Å². The lowest BCUT2D eigenvalue weighted by Crippen LogP contribution is -2.31. The van der Waals surface area contributed by atoms with E-state index in [2.05, 4.69) is 27.3 Å². The molecule has 0 unspecified atom stereocenters. The highest BCUT2D eigenvalue weighted by Gasteiger charge is 2.16. The van der Waals surface area contributed by atoms with Crippen LogP contribution < -0.4 is 4.72 Å². The van der Waals surface area contributed by atoms with Gasteiger partial charge in [-0.3, -0.25) is 4.79 Å². The smallest absolute Gasteiger partial charge is 0.219 e. The second-order valence-electron chi connectivity index (χ2n) is 3.13. The molecule has 1 rings (SSSR count). The molecule has 0 fully saturated rings. The van der Waals surface area contributed by atoms with Gasteiger partial charge in [0.2, 0.25) is 10.0 Å². The van der Waals surface area contributed by atoms with Crippen LogP contribution in [0.5, 0.6) is 0 Å². The van der Waals surface area contributed by atoms with Crippen molar-refractivity contribution in [2.45, 2.75) is 0 Å². The van der Waals surface area contributed by atoms with Crippen molar-refractivity contribution < 1.29 is 13.2 Å². The lowest BCUT2D eigenvalue weighted by molar-refractivity contribution is 0.102. The summed E-state index contributed by atoms with van der Waals surface area (Å²) in [6.07, 6.45) is 0. The van der Waals surface area contributed by atoms with E-state index in [1.165, 1.54) is 0 Å². The number of carbonyl (C=O) groups excluding carboxylic acids is 1. The number of rotatable bonds is 6. The average molecular weight is 353 g/mol. The van der Waals surface area contributed by atoms with Crippen molar-refractivity contribution in [2.24, 2.45) is 0 Å². The third kappa shape index (κ3) is 4.58. The zero-order valence-corrected chi connectivity index (χ0v) is 11.5. The molecule has 0 aliphatic heterocycles. The molecule has 0 bridgehead atoms. The van der Waals surface area contributed by atoms with Crippen LogP contribution in [-0.4, -0.2) is 30.9 Å². The Morgan fingerprint density at radius 1 is 1.25 bits per heavy atom. The standard InChI is InChI=1S/C10H12INO3S/c11-6-7-12-16(14,15)8-10(13)9-4-2-1-3-5-9/h1-5,12H,6-8H2. The monoisotopic (exact) mass is 353 g/mol. The summed E-state index contributed by atoms with van der Waals surface area (Å²) in [6, 6.07) is 8.40. The van der Waals surface area contributed by atoms with E-state index in [9.17, 15) is 13.2 Å². The summed E-state index contributed by atoms with van der Waals surface area (Å²) in [7, 11) is -3.50. The van der Waals surface area contributed by atoms with E-state index >= 15 is 0 Å². The van der Waals surface area contributed by atoms with Gasteiger partial charge in [-0.25, -0.2) is 13.1 Å². The third-order valence-electron chi connectivity index (χ3n) is 1.83. The van der Waals surface area contributed by atoms with E-state index in [1.54, 1.807) is 30.3 Å². The fourth-order valence-corrected chi connectivity index (χ4v) is 2.79. The van der Waals surface area contributed by atoms with E-state index < -0.39 is 15.8 Å². The fourth-order valence-electron chi connectivity index (χ4n) is 1.13. The molecule has 4 nitrogen and oxygen atoms in total. The highest BCUT2D eigenvalue weighted by molar-refractivity contribution is 14.1. The highest BCUT2D eigenvalue weighted by Crippen LogP contribution is 2.01. The first-order valence-corrected chi connectivity index (χ1v) is 7.84. The van der Waals surface area contributed by atoms with Gasteiger partial charge in [-0.15, -0.1) is 0 Å². The molecule has 1 N–H and O–H groups in total. The molecule has 0 spiro atoms. The van der Waals surface area contributed by atoms with Gasteiger partial charge in [0, 0.05) is 16.5 Å². The summed E-state index contributed by atoms with van der Waals surface area (Å²) in [5.41, 5.74) is 0.419. The zero-order valence-electron chi connectivity index (χ0n) is 8.52. The van der Waals surface area contributed by atoms with E-state index in [4.69, 9.17) is 0 Å². The Hall–Kier alpha value is -0.470. The van der Waals surface area contributed by atoms with Crippen molar-refractivity contribution in [1.29, 1.82) is 0 Å². The second kappa shape index (κ2) is 6.31. The number of carbonyl (C=O) groups is 1. The molecule has 1 aromatic rings. The Labute approximate surface area is 109 Å². The minimum Gasteiger partial charge on any atom is -0.293 e. The predicted octanol–water partition coefficient (Wildman–Crippen LogP) is 1.22. The van der Waals surface area contributed by atoms with Crippen LogP contribution >= 0.6 is 22.6 Å². The van der Waals surface area contributed by atoms with Crippen LogP contribution in [0.4, 0.5) is 0 Å². The zero-order chi connectivity index (χ0) is 12.0. The molecule has 16 heavy (non-hydrogen) atoms. The van der Waals surface area contributed by atoms with Gasteiger partial charge in [0.1, 0.15) is 5.75 Å². The SMILES string of the molecule is O=C(CS(=O)(=O)NCCI)c1ccccc1. The molecule has 0 atom stereocenters. The minimum atomic E-state index is -3.50. The molecule has 0 radical (unpaired) electrons. The largest absolute Gasteiger partial charge is 0.293 e. The Morgan fingerprint density at radius 2 is 1.88 bits per heavy atom. The van der Waals surface area contributed by atoms with Crippen molar-refractivity contribution in [1.82, 2.24) is 4.72 Å². The summed E-state index contributed by atoms with van der Waals surface area (Å²) in [5.74, 6) is -0.880. The van der Waals surface area contributed by atoms with Gasteiger partial charge in [-0.1, -0.05) is 52.9 Å². The van der Waals surface area contributed by atoms with Crippen LogP contribution in [0.3, 0.4) is 0 Å². The van der Waals surface area contributed by atoms with Crippen LogP contribution in [0.25, 0.3) is 0 Å². The van der Waals surface area contributed by atoms with Gasteiger partial charge in [0.25, 0.3) is 0 Å². The molecule has 0 aliphatic carbocycles. The van der Waals surface area contributed by atoms with Crippen LogP contribution in [0.1, 0.15) is 10.4 Å². The van der Waals surface area contributed by atoms with E-state index in [-0.39, 0.29) is 5.78 Å². The molecule has 0 aromatic heterocycles. The highest BCUT2D eigenvalue weighted by atomic mass is 127. The Bertz CT molecular complexity index is 444. The lowest BCUT2D eigenvalue weighted by atomic mass is 10.2. The minimum absolute atomic E-state index is 0.352. The Kier molecular flexibility index (Phi) is 5.36. The summed E-state index contributed by atoms with van der Waals surface area (Å²) in [4.78, 5) is 11.6. The van der Waals surface area contributed by atoms with Gasteiger partial charge in [-0.05, 0) is 0 Å². The average Bonchev–Trinajstić information content (AvgIpc) is 2.27. The molecule has 6 heteroatoms. The first-order valence-electron chi connectivity index (χ1n) is 4.67.